The van der Waals surface area contributed by atoms with Crippen LogP contribution >= 0.6 is 0 Å². The molecule has 0 radical (unpaired) electrons. The van der Waals surface area contributed by atoms with Gasteiger partial charge in [0.2, 0.25) is 5.91 Å². The molecule has 0 fully saturated rings. The summed E-state index contributed by atoms with van der Waals surface area (Å²) in [5.74, 6) is -3.19. The summed E-state index contributed by atoms with van der Waals surface area (Å²) in [6.45, 7) is 0. The van der Waals surface area contributed by atoms with Crippen LogP contribution in [0.5, 0.6) is 0 Å². The Balaban J connectivity index is 1.67. The molecule has 28 heavy (non-hydrogen) atoms. The maximum atomic E-state index is 13.3. The second-order valence-corrected chi connectivity index (χ2v) is 7.46. The number of anilines is 1. The number of amides is 1. The maximum absolute atomic E-state index is 13.3. The van der Waals surface area contributed by atoms with Crippen LogP contribution < -0.4 is 5.32 Å². The molecule has 6 rings (SSSR count). The molecule has 0 unspecified atom stereocenters. The lowest BCUT2D eigenvalue weighted by Gasteiger charge is -2.48. The van der Waals surface area contributed by atoms with Gasteiger partial charge in [-0.3, -0.25) is 9.59 Å². The van der Waals surface area contributed by atoms with Crippen molar-refractivity contribution in [3.05, 3.63) is 101 Å². The highest BCUT2D eigenvalue weighted by atomic mass is 16.4. The first-order valence-electron chi connectivity index (χ1n) is 9.43. The number of nitrogens with one attached hydrogen (secondary N) is 1. The summed E-state index contributed by atoms with van der Waals surface area (Å²) in [4.78, 5) is 25.7. The van der Waals surface area contributed by atoms with Crippen LogP contribution in [0.3, 0.4) is 0 Å². The molecule has 0 spiro atoms. The molecule has 2 bridgehead atoms. The number of carboxylic acid groups (broad SMARTS) is 1. The van der Waals surface area contributed by atoms with Gasteiger partial charge in [-0.2, -0.15) is 0 Å². The Kier molecular flexibility index (Phi) is 3.79. The summed E-state index contributed by atoms with van der Waals surface area (Å²) >= 11 is 0. The van der Waals surface area contributed by atoms with Crippen LogP contribution in [0.1, 0.15) is 34.1 Å². The number of carbonyl (C=O) groups is 2. The lowest BCUT2D eigenvalue weighted by molar-refractivity contribution is -0.148. The van der Waals surface area contributed by atoms with Gasteiger partial charge in [0.1, 0.15) is 0 Å². The van der Waals surface area contributed by atoms with Crippen LogP contribution in [0.15, 0.2) is 78.9 Å². The molecule has 4 nitrogen and oxygen atoms in total. The van der Waals surface area contributed by atoms with E-state index in [1.54, 1.807) is 0 Å². The molecule has 0 aromatic heterocycles. The van der Waals surface area contributed by atoms with Gasteiger partial charge in [0.05, 0.1) is 11.8 Å². The van der Waals surface area contributed by atoms with E-state index in [9.17, 15) is 14.7 Å². The van der Waals surface area contributed by atoms with Gasteiger partial charge in [-0.1, -0.05) is 66.7 Å². The van der Waals surface area contributed by atoms with Gasteiger partial charge in [0, 0.05) is 17.5 Å². The molecule has 3 aliphatic rings. The quantitative estimate of drug-likeness (QED) is 0.726. The fourth-order valence-corrected chi connectivity index (χ4v) is 5.04. The first-order chi connectivity index (χ1) is 13.7. The molecule has 3 aromatic carbocycles. The van der Waals surface area contributed by atoms with Gasteiger partial charge in [-0.25, -0.2) is 0 Å². The zero-order valence-electron chi connectivity index (χ0n) is 15.1. The highest BCUT2D eigenvalue weighted by Crippen LogP contribution is 2.58. The third-order valence-corrected chi connectivity index (χ3v) is 6.07. The van der Waals surface area contributed by atoms with E-state index in [4.69, 9.17) is 0 Å². The summed E-state index contributed by atoms with van der Waals surface area (Å²) in [6.07, 6.45) is 0. The summed E-state index contributed by atoms with van der Waals surface area (Å²) in [5.41, 5.74) is 4.87. The number of fused-ring (bicyclic) bond motifs is 1. The van der Waals surface area contributed by atoms with Crippen molar-refractivity contribution >= 4 is 17.6 Å². The summed E-state index contributed by atoms with van der Waals surface area (Å²) in [7, 11) is 0. The van der Waals surface area contributed by atoms with E-state index in [0.717, 1.165) is 22.3 Å². The van der Waals surface area contributed by atoms with Gasteiger partial charge >= 0.3 is 5.97 Å². The minimum Gasteiger partial charge on any atom is -0.481 e. The van der Waals surface area contributed by atoms with Crippen molar-refractivity contribution in [2.75, 3.05) is 5.32 Å². The zero-order valence-corrected chi connectivity index (χ0v) is 15.1. The summed E-state index contributed by atoms with van der Waals surface area (Å²) in [6, 6.07) is 25.1. The molecule has 2 N–H and O–H groups in total. The van der Waals surface area contributed by atoms with Crippen molar-refractivity contribution < 1.29 is 14.7 Å². The first-order valence-corrected chi connectivity index (χ1v) is 9.43. The second-order valence-electron chi connectivity index (χ2n) is 7.46. The second kappa shape index (κ2) is 6.34. The number of carboxylic acids is 1. The Morgan fingerprint density at radius 2 is 1.07 bits per heavy atom. The van der Waals surface area contributed by atoms with Crippen LogP contribution in [0.4, 0.5) is 5.69 Å². The molecular formula is C24H19NO3. The van der Waals surface area contributed by atoms with E-state index < -0.39 is 17.8 Å². The fraction of sp³-hybridized carbons (Fsp3) is 0.167. The van der Waals surface area contributed by atoms with Crippen LogP contribution in [-0.2, 0) is 9.59 Å². The van der Waals surface area contributed by atoms with Crippen LogP contribution in [-0.4, -0.2) is 17.0 Å². The summed E-state index contributed by atoms with van der Waals surface area (Å²) in [5, 5.41) is 13.1. The molecular weight excluding hydrogens is 350 g/mol. The van der Waals surface area contributed by atoms with E-state index in [-0.39, 0.29) is 17.7 Å². The van der Waals surface area contributed by atoms with E-state index in [0.29, 0.717) is 5.69 Å². The average Bonchev–Trinajstić information content (AvgIpc) is 2.73. The highest BCUT2D eigenvalue weighted by molar-refractivity contribution is 5.98. The Bertz CT molecular complexity index is 1030. The van der Waals surface area contributed by atoms with Crippen molar-refractivity contribution in [1.29, 1.82) is 0 Å². The summed E-state index contributed by atoms with van der Waals surface area (Å²) < 4.78 is 0. The minimum atomic E-state index is -0.924. The van der Waals surface area contributed by atoms with Crippen LogP contribution in [0, 0.1) is 11.8 Å². The number of carbonyl (C=O) groups excluding carboxylic acids is 1. The van der Waals surface area contributed by atoms with E-state index in [2.05, 4.69) is 5.32 Å². The molecule has 0 saturated heterocycles. The molecule has 3 aromatic rings. The van der Waals surface area contributed by atoms with Crippen LogP contribution in [0.2, 0.25) is 0 Å². The standard InChI is InChI=1S/C24H19NO3/c26-23(25-14-8-2-1-3-9-14)21-19-15-10-4-6-12-17(15)20(22(21)24(27)28)18-13-7-5-11-16(18)19/h1-13,19-22H,(H,25,26)(H,27,28)/t19?,20?,21-,22+/m0/s1. The molecule has 0 heterocycles. The average molecular weight is 369 g/mol. The monoisotopic (exact) mass is 369 g/mol. The van der Waals surface area contributed by atoms with E-state index in [1.165, 1.54) is 0 Å². The Morgan fingerprint density at radius 1 is 0.643 bits per heavy atom. The lowest BCUT2D eigenvalue weighted by Crippen LogP contribution is -2.48. The zero-order chi connectivity index (χ0) is 19.3. The van der Waals surface area contributed by atoms with Gasteiger partial charge in [0.15, 0.2) is 0 Å². The Morgan fingerprint density at radius 3 is 1.54 bits per heavy atom. The van der Waals surface area contributed by atoms with Crippen molar-refractivity contribution in [2.24, 2.45) is 11.8 Å². The number of hydrogen-bond donors (Lipinski definition) is 2. The number of aliphatic carboxylic acids is 1. The van der Waals surface area contributed by atoms with Gasteiger partial charge in [0.25, 0.3) is 0 Å². The maximum Gasteiger partial charge on any atom is 0.308 e. The molecule has 2 atom stereocenters. The van der Waals surface area contributed by atoms with Crippen LogP contribution in [0.25, 0.3) is 0 Å². The third kappa shape index (κ3) is 2.38. The Hall–Kier alpha value is -3.40. The third-order valence-electron chi connectivity index (χ3n) is 6.07. The topological polar surface area (TPSA) is 66.4 Å². The predicted molar refractivity (Wildman–Crippen MR) is 106 cm³/mol. The van der Waals surface area contributed by atoms with Crippen molar-refractivity contribution in [3.8, 4) is 0 Å². The highest BCUT2D eigenvalue weighted by Gasteiger charge is 2.55. The van der Waals surface area contributed by atoms with Gasteiger partial charge in [-0.15, -0.1) is 0 Å². The predicted octanol–water partition coefficient (Wildman–Crippen LogP) is 4.23. The fourth-order valence-electron chi connectivity index (χ4n) is 5.04. The molecule has 1 amide bonds. The molecule has 3 aliphatic carbocycles. The van der Waals surface area contributed by atoms with Crippen molar-refractivity contribution in [2.45, 2.75) is 11.8 Å². The molecule has 138 valence electrons. The largest absolute Gasteiger partial charge is 0.481 e. The minimum absolute atomic E-state index is 0.238. The number of para-hydroxylation sites is 1. The number of hydrogen-bond acceptors (Lipinski definition) is 2. The molecule has 0 saturated carbocycles. The smallest absolute Gasteiger partial charge is 0.308 e. The van der Waals surface area contributed by atoms with E-state index in [1.807, 2.05) is 78.9 Å². The first kappa shape index (κ1) is 16.8. The SMILES string of the molecule is O=C(O)[C@@H]1C2c3ccccc3C(c3ccccc32)[C@@H]1C(=O)Nc1ccccc1. The molecule has 4 heteroatoms. The van der Waals surface area contributed by atoms with Crippen molar-refractivity contribution in [3.63, 3.8) is 0 Å². The molecule has 0 aliphatic heterocycles. The van der Waals surface area contributed by atoms with Gasteiger partial charge < -0.3 is 10.4 Å². The van der Waals surface area contributed by atoms with E-state index >= 15 is 0 Å². The van der Waals surface area contributed by atoms with Crippen molar-refractivity contribution in [1.82, 2.24) is 0 Å². The van der Waals surface area contributed by atoms with Gasteiger partial charge in [-0.05, 0) is 34.4 Å². The Labute approximate surface area is 162 Å². The number of rotatable bonds is 3. The number of benzene rings is 3. The lowest BCUT2D eigenvalue weighted by atomic mass is 9.54. The normalized spacial score (nSPS) is 24.1.